The lowest BCUT2D eigenvalue weighted by Gasteiger charge is -2.33. The fraction of sp³-hybridized carbons (Fsp3) is 0.278. The molecule has 1 N–H and O–H groups in total. The molecule has 0 unspecified atom stereocenters. The van der Waals surface area contributed by atoms with Gasteiger partial charge in [-0.3, -0.25) is 14.9 Å². The van der Waals surface area contributed by atoms with Gasteiger partial charge in [0.25, 0.3) is 5.69 Å². The zero-order valence-corrected chi connectivity index (χ0v) is 16.3. The van der Waals surface area contributed by atoms with Crippen molar-refractivity contribution in [3.05, 3.63) is 63.7 Å². The van der Waals surface area contributed by atoms with Crippen LogP contribution < -0.4 is 5.32 Å². The molecule has 3 rings (SSSR count). The molecule has 0 aromatic heterocycles. The molecule has 2 aromatic rings. The van der Waals surface area contributed by atoms with Crippen molar-refractivity contribution in [2.75, 3.05) is 11.9 Å². The molecule has 0 saturated carbocycles. The van der Waals surface area contributed by atoms with Gasteiger partial charge in [0, 0.05) is 29.4 Å². The molecule has 28 heavy (non-hydrogen) atoms. The van der Waals surface area contributed by atoms with Crippen LogP contribution >= 0.6 is 11.6 Å². The van der Waals surface area contributed by atoms with E-state index in [-0.39, 0.29) is 17.1 Å². The van der Waals surface area contributed by atoms with Gasteiger partial charge in [-0.25, -0.2) is 8.42 Å². The van der Waals surface area contributed by atoms with Gasteiger partial charge >= 0.3 is 0 Å². The van der Waals surface area contributed by atoms with Crippen LogP contribution in [0.3, 0.4) is 0 Å². The summed E-state index contributed by atoms with van der Waals surface area (Å²) in [6.45, 7) is 0.201. The number of amides is 1. The SMILES string of the molecule is O=C(Nc1cccc(Cl)c1)[C@@H]1CCCCN1S(=O)(=O)c1ccc([N+](=O)[O-])cc1. The monoisotopic (exact) mass is 423 g/mol. The number of carbonyl (C=O) groups excluding carboxylic acids is 1. The Morgan fingerprint density at radius 3 is 2.54 bits per heavy atom. The van der Waals surface area contributed by atoms with Crippen LogP contribution in [0.1, 0.15) is 19.3 Å². The minimum Gasteiger partial charge on any atom is -0.325 e. The van der Waals surface area contributed by atoms with Gasteiger partial charge in [-0.05, 0) is 43.2 Å². The van der Waals surface area contributed by atoms with Crippen molar-refractivity contribution in [1.29, 1.82) is 0 Å². The number of hydrogen-bond donors (Lipinski definition) is 1. The van der Waals surface area contributed by atoms with Gasteiger partial charge in [-0.1, -0.05) is 24.1 Å². The van der Waals surface area contributed by atoms with Crippen molar-refractivity contribution in [1.82, 2.24) is 4.31 Å². The lowest BCUT2D eigenvalue weighted by atomic mass is 10.0. The summed E-state index contributed by atoms with van der Waals surface area (Å²) in [6, 6.07) is 10.4. The van der Waals surface area contributed by atoms with Gasteiger partial charge in [-0.2, -0.15) is 4.31 Å². The molecule has 1 amide bonds. The molecule has 1 aliphatic rings. The Balaban J connectivity index is 1.85. The lowest BCUT2D eigenvalue weighted by molar-refractivity contribution is -0.384. The number of nitro groups is 1. The molecule has 1 fully saturated rings. The maximum Gasteiger partial charge on any atom is 0.269 e. The van der Waals surface area contributed by atoms with Gasteiger partial charge in [0.2, 0.25) is 15.9 Å². The number of non-ortho nitro benzene ring substituents is 1. The van der Waals surface area contributed by atoms with E-state index in [1.807, 2.05) is 0 Å². The first-order chi connectivity index (χ1) is 13.3. The quantitative estimate of drug-likeness (QED) is 0.585. The van der Waals surface area contributed by atoms with Gasteiger partial charge in [0.05, 0.1) is 9.82 Å². The molecule has 0 bridgehead atoms. The third kappa shape index (κ3) is 4.32. The zero-order chi connectivity index (χ0) is 20.3. The van der Waals surface area contributed by atoms with Crippen LogP contribution in [0.25, 0.3) is 0 Å². The van der Waals surface area contributed by atoms with Crippen LogP contribution in [0.4, 0.5) is 11.4 Å². The number of halogens is 1. The summed E-state index contributed by atoms with van der Waals surface area (Å²) in [5, 5.41) is 14.0. The number of nitrogens with one attached hydrogen (secondary N) is 1. The molecule has 10 heteroatoms. The van der Waals surface area contributed by atoms with Crippen molar-refractivity contribution in [2.45, 2.75) is 30.2 Å². The maximum absolute atomic E-state index is 13.0. The molecule has 1 aliphatic heterocycles. The number of benzene rings is 2. The van der Waals surface area contributed by atoms with Gasteiger partial charge < -0.3 is 5.32 Å². The second-order valence-electron chi connectivity index (χ2n) is 6.38. The number of sulfonamides is 1. The molecule has 0 aliphatic carbocycles. The summed E-state index contributed by atoms with van der Waals surface area (Å²) in [5.41, 5.74) is 0.281. The second kappa shape index (κ2) is 8.26. The van der Waals surface area contributed by atoms with Crippen LogP contribution in [0.5, 0.6) is 0 Å². The van der Waals surface area contributed by atoms with Crippen molar-refractivity contribution in [2.24, 2.45) is 0 Å². The predicted molar refractivity (Wildman–Crippen MR) is 105 cm³/mol. The Morgan fingerprint density at radius 1 is 1.18 bits per heavy atom. The first-order valence-corrected chi connectivity index (χ1v) is 10.4. The van der Waals surface area contributed by atoms with E-state index < -0.39 is 26.9 Å². The molecule has 0 radical (unpaired) electrons. The van der Waals surface area contributed by atoms with E-state index in [9.17, 15) is 23.3 Å². The first-order valence-electron chi connectivity index (χ1n) is 8.62. The molecule has 1 atom stereocenters. The predicted octanol–water partition coefficient (Wildman–Crippen LogP) is 3.43. The lowest BCUT2D eigenvalue weighted by Crippen LogP contribution is -2.49. The fourth-order valence-electron chi connectivity index (χ4n) is 3.12. The summed E-state index contributed by atoms with van der Waals surface area (Å²) in [6.07, 6.45) is 1.74. The highest BCUT2D eigenvalue weighted by molar-refractivity contribution is 7.89. The summed E-state index contributed by atoms with van der Waals surface area (Å²) in [7, 11) is -3.98. The van der Waals surface area contributed by atoms with E-state index in [1.54, 1.807) is 24.3 Å². The summed E-state index contributed by atoms with van der Waals surface area (Å²) >= 11 is 5.92. The average Bonchev–Trinajstić information content (AvgIpc) is 2.68. The Morgan fingerprint density at radius 2 is 1.89 bits per heavy atom. The van der Waals surface area contributed by atoms with Crippen molar-refractivity contribution < 1.29 is 18.1 Å². The second-order valence-corrected chi connectivity index (χ2v) is 8.70. The van der Waals surface area contributed by atoms with Crippen LogP contribution in [-0.2, 0) is 14.8 Å². The number of rotatable bonds is 5. The standard InChI is InChI=1S/C18H18ClN3O5S/c19-13-4-3-5-14(12-13)20-18(23)17-6-1-2-11-21(17)28(26,27)16-9-7-15(8-10-16)22(24)25/h3-5,7-10,12,17H,1-2,6,11H2,(H,20,23)/t17-/m0/s1. The third-order valence-corrected chi connectivity index (χ3v) is 6.66. The average molecular weight is 424 g/mol. The largest absolute Gasteiger partial charge is 0.325 e. The molecular weight excluding hydrogens is 406 g/mol. The number of hydrogen-bond acceptors (Lipinski definition) is 5. The molecule has 1 saturated heterocycles. The van der Waals surface area contributed by atoms with Crippen molar-refractivity contribution in [3.63, 3.8) is 0 Å². The Kier molecular flexibility index (Phi) is 5.97. The Hall–Kier alpha value is -2.49. The highest BCUT2D eigenvalue weighted by Gasteiger charge is 2.37. The van der Waals surface area contributed by atoms with E-state index in [0.29, 0.717) is 23.6 Å². The minimum atomic E-state index is -3.98. The molecule has 2 aromatic carbocycles. The van der Waals surface area contributed by atoms with Crippen LogP contribution in [0.15, 0.2) is 53.4 Å². The normalized spacial score (nSPS) is 17.8. The van der Waals surface area contributed by atoms with Crippen LogP contribution in [-0.4, -0.2) is 36.1 Å². The number of carbonyl (C=O) groups is 1. The minimum absolute atomic E-state index is 0.0828. The topological polar surface area (TPSA) is 110 Å². The van der Waals surface area contributed by atoms with E-state index in [2.05, 4.69) is 5.32 Å². The Labute approximate surface area is 167 Å². The summed E-state index contributed by atoms with van der Waals surface area (Å²) in [5.74, 6) is -0.438. The molecule has 0 spiro atoms. The van der Waals surface area contributed by atoms with Crippen molar-refractivity contribution >= 4 is 38.9 Å². The molecule has 1 heterocycles. The number of anilines is 1. The highest BCUT2D eigenvalue weighted by atomic mass is 35.5. The number of nitrogens with zero attached hydrogens (tertiary/aromatic N) is 2. The zero-order valence-electron chi connectivity index (χ0n) is 14.7. The summed E-state index contributed by atoms with van der Waals surface area (Å²) < 4.78 is 27.3. The molecule has 148 valence electrons. The van der Waals surface area contributed by atoms with E-state index in [4.69, 9.17) is 11.6 Å². The van der Waals surface area contributed by atoms with Crippen LogP contribution in [0.2, 0.25) is 5.02 Å². The number of nitro benzene ring substituents is 1. The highest BCUT2D eigenvalue weighted by Crippen LogP contribution is 2.27. The van der Waals surface area contributed by atoms with Gasteiger partial charge in [0.15, 0.2) is 0 Å². The fourth-order valence-corrected chi connectivity index (χ4v) is 4.97. The van der Waals surface area contributed by atoms with Crippen LogP contribution in [0, 0.1) is 10.1 Å². The molecular formula is C18H18ClN3O5S. The summed E-state index contributed by atoms with van der Waals surface area (Å²) in [4.78, 5) is 22.9. The Bertz CT molecular complexity index is 995. The van der Waals surface area contributed by atoms with E-state index in [1.165, 1.54) is 12.1 Å². The first kappa shape index (κ1) is 20.2. The van der Waals surface area contributed by atoms with E-state index in [0.717, 1.165) is 22.9 Å². The smallest absolute Gasteiger partial charge is 0.269 e. The van der Waals surface area contributed by atoms with Crippen molar-refractivity contribution in [3.8, 4) is 0 Å². The van der Waals surface area contributed by atoms with Gasteiger partial charge in [0.1, 0.15) is 6.04 Å². The van der Waals surface area contributed by atoms with E-state index >= 15 is 0 Å². The molecule has 8 nitrogen and oxygen atoms in total. The third-order valence-electron chi connectivity index (χ3n) is 4.50. The van der Waals surface area contributed by atoms with Gasteiger partial charge in [-0.15, -0.1) is 0 Å². The number of piperidine rings is 1. The maximum atomic E-state index is 13.0.